The molecule has 0 saturated carbocycles. The number of benzene rings is 3. The van der Waals surface area contributed by atoms with E-state index in [4.69, 9.17) is 4.42 Å². The number of amides is 2. The number of carbonyl (C=O) groups excluding carboxylic acids is 2. The average molecular weight is 490 g/mol. The molecule has 0 aliphatic carbocycles. The summed E-state index contributed by atoms with van der Waals surface area (Å²) in [5, 5.41) is 3.98. The van der Waals surface area contributed by atoms with Crippen LogP contribution in [0.5, 0.6) is 0 Å². The van der Waals surface area contributed by atoms with Crippen LogP contribution in [-0.2, 0) is 18.4 Å². The standard InChI is InChI=1S/C31H27N3O3/c1-20-16-17-22(37-20)18-32-27(35)19-34-30(23-12-6-7-13-24(23)31(34)36)28-25-14-8-9-15-26(25)33(2)29(28)21-10-4-3-5-11-21/h3-17,30H,18-19H2,1-2H3,(H,32,35)/t30-/m0/s1. The Hall–Kier alpha value is -4.58. The molecule has 6 heteroatoms. The molecule has 3 heterocycles. The molecular weight excluding hydrogens is 462 g/mol. The van der Waals surface area contributed by atoms with Gasteiger partial charge in [-0.2, -0.15) is 0 Å². The smallest absolute Gasteiger partial charge is 0.255 e. The predicted octanol–water partition coefficient (Wildman–Crippen LogP) is 5.61. The van der Waals surface area contributed by atoms with Crippen molar-refractivity contribution in [3.05, 3.63) is 119 Å². The zero-order valence-electron chi connectivity index (χ0n) is 20.8. The number of nitrogens with one attached hydrogen (secondary N) is 1. The molecule has 0 saturated heterocycles. The minimum atomic E-state index is -0.401. The molecule has 1 atom stereocenters. The molecule has 6 rings (SSSR count). The SMILES string of the molecule is Cc1ccc(CNC(=O)CN2C(=O)c3ccccc3[C@H]2c2c(-c3ccccc3)n(C)c3ccccc23)o1. The van der Waals surface area contributed by atoms with Gasteiger partial charge < -0.3 is 19.2 Å². The summed E-state index contributed by atoms with van der Waals surface area (Å²) in [5.41, 5.74) is 5.74. The molecule has 1 aliphatic heterocycles. The van der Waals surface area contributed by atoms with Gasteiger partial charge in [-0.25, -0.2) is 0 Å². The van der Waals surface area contributed by atoms with Gasteiger partial charge in [0.1, 0.15) is 18.1 Å². The van der Waals surface area contributed by atoms with Crippen molar-refractivity contribution in [1.82, 2.24) is 14.8 Å². The van der Waals surface area contributed by atoms with Gasteiger partial charge in [0.15, 0.2) is 0 Å². The first kappa shape index (κ1) is 22.9. The lowest BCUT2D eigenvalue weighted by molar-refractivity contribution is -0.122. The van der Waals surface area contributed by atoms with Crippen LogP contribution in [0.1, 0.15) is 39.0 Å². The first-order chi connectivity index (χ1) is 18.0. The Morgan fingerprint density at radius 3 is 2.43 bits per heavy atom. The van der Waals surface area contributed by atoms with Crippen molar-refractivity contribution in [2.45, 2.75) is 19.5 Å². The second kappa shape index (κ2) is 9.13. The molecular formula is C31H27N3O3. The van der Waals surface area contributed by atoms with Crippen LogP contribution >= 0.6 is 0 Å². The van der Waals surface area contributed by atoms with Crippen molar-refractivity contribution in [2.24, 2.45) is 7.05 Å². The quantitative estimate of drug-likeness (QED) is 0.337. The van der Waals surface area contributed by atoms with Crippen LogP contribution in [-0.4, -0.2) is 27.8 Å². The van der Waals surface area contributed by atoms with E-state index >= 15 is 0 Å². The number of para-hydroxylation sites is 1. The molecule has 0 radical (unpaired) electrons. The van der Waals surface area contributed by atoms with Gasteiger partial charge >= 0.3 is 0 Å². The van der Waals surface area contributed by atoms with E-state index in [1.54, 1.807) is 4.90 Å². The van der Waals surface area contributed by atoms with Gasteiger partial charge in [-0.3, -0.25) is 9.59 Å². The number of carbonyl (C=O) groups is 2. The minimum Gasteiger partial charge on any atom is -0.465 e. The fourth-order valence-electron chi connectivity index (χ4n) is 5.47. The molecule has 184 valence electrons. The third-order valence-electron chi connectivity index (χ3n) is 7.09. The van der Waals surface area contributed by atoms with Crippen molar-refractivity contribution in [2.75, 3.05) is 6.54 Å². The molecule has 6 nitrogen and oxygen atoms in total. The fraction of sp³-hybridized carbons (Fsp3) is 0.161. The molecule has 1 aliphatic rings. The van der Waals surface area contributed by atoms with E-state index in [9.17, 15) is 9.59 Å². The monoisotopic (exact) mass is 489 g/mol. The molecule has 37 heavy (non-hydrogen) atoms. The van der Waals surface area contributed by atoms with Crippen molar-refractivity contribution in [1.29, 1.82) is 0 Å². The summed E-state index contributed by atoms with van der Waals surface area (Å²) in [6, 6.07) is 29.4. The van der Waals surface area contributed by atoms with Crippen LogP contribution in [0.4, 0.5) is 0 Å². The van der Waals surface area contributed by atoms with Crippen LogP contribution in [0, 0.1) is 6.92 Å². The van der Waals surface area contributed by atoms with Crippen LogP contribution in [0.2, 0.25) is 0 Å². The molecule has 1 N–H and O–H groups in total. The average Bonchev–Trinajstić information content (AvgIpc) is 3.56. The van der Waals surface area contributed by atoms with Crippen molar-refractivity contribution < 1.29 is 14.0 Å². The summed E-state index contributed by atoms with van der Waals surface area (Å²) in [5.74, 6) is 1.09. The van der Waals surface area contributed by atoms with E-state index in [1.807, 2.05) is 73.7 Å². The summed E-state index contributed by atoms with van der Waals surface area (Å²) in [6.07, 6.45) is 0. The van der Waals surface area contributed by atoms with Crippen LogP contribution in [0.15, 0.2) is 95.4 Å². The normalized spacial score (nSPS) is 14.8. The van der Waals surface area contributed by atoms with E-state index in [0.29, 0.717) is 11.3 Å². The molecule has 3 aromatic carbocycles. The minimum absolute atomic E-state index is 0.0602. The molecule has 2 amide bonds. The predicted molar refractivity (Wildman–Crippen MR) is 143 cm³/mol. The molecule has 0 bridgehead atoms. The number of furan rings is 1. The molecule has 5 aromatic rings. The van der Waals surface area contributed by atoms with E-state index < -0.39 is 6.04 Å². The molecule has 2 aromatic heterocycles. The Balaban J connectivity index is 1.46. The Bertz CT molecular complexity index is 1630. The van der Waals surface area contributed by atoms with Crippen LogP contribution < -0.4 is 5.32 Å². The number of hydrogen-bond acceptors (Lipinski definition) is 3. The number of hydrogen-bond donors (Lipinski definition) is 1. The number of fused-ring (bicyclic) bond motifs is 2. The highest BCUT2D eigenvalue weighted by Gasteiger charge is 2.41. The van der Waals surface area contributed by atoms with Gasteiger partial charge in [-0.05, 0) is 42.3 Å². The maximum Gasteiger partial charge on any atom is 0.255 e. The summed E-state index contributed by atoms with van der Waals surface area (Å²) in [4.78, 5) is 28.5. The number of nitrogens with zero attached hydrogens (tertiary/aromatic N) is 2. The number of rotatable bonds is 6. The Labute approximate surface area is 215 Å². The third kappa shape index (κ3) is 3.91. The molecule has 0 unspecified atom stereocenters. The fourth-order valence-corrected chi connectivity index (χ4v) is 5.47. The highest BCUT2D eigenvalue weighted by Crippen LogP contribution is 2.46. The maximum absolute atomic E-state index is 13.7. The van der Waals surface area contributed by atoms with Gasteiger partial charge in [0, 0.05) is 29.1 Å². The first-order valence-corrected chi connectivity index (χ1v) is 12.4. The third-order valence-corrected chi connectivity index (χ3v) is 7.09. The van der Waals surface area contributed by atoms with E-state index in [0.717, 1.165) is 39.0 Å². The molecule has 0 spiro atoms. The van der Waals surface area contributed by atoms with Crippen LogP contribution in [0.3, 0.4) is 0 Å². The molecule has 0 fully saturated rings. The lowest BCUT2D eigenvalue weighted by Gasteiger charge is -2.26. The Morgan fingerprint density at radius 2 is 1.65 bits per heavy atom. The van der Waals surface area contributed by atoms with E-state index in [2.05, 4.69) is 41.2 Å². The number of aryl methyl sites for hydroxylation is 2. The van der Waals surface area contributed by atoms with Gasteiger partial charge in [0.05, 0.1) is 18.3 Å². The summed E-state index contributed by atoms with van der Waals surface area (Å²) in [6.45, 7) is 2.08. The zero-order chi connectivity index (χ0) is 25.5. The number of aromatic nitrogens is 1. The van der Waals surface area contributed by atoms with Gasteiger partial charge in [0.25, 0.3) is 5.91 Å². The van der Waals surface area contributed by atoms with E-state index in [1.165, 1.54) is 0 Å². The van der Waals surface area contributed by atoms with Crippen molar-refractivity contribution in [3.63, 3.8) is 0 Å². The van der Waals surface area contributed by atoms with Gasteiger partial charge in [-0.15, -0.1) is 0 Å². The van der Waals surface area contributed by atoms with Crippen molar-refractivity contribution in [3.8, 4) is 11.3 Å². The summed E-state index contributed by atoms with van der Waals surface area (Å²) >= 11 is 0. The van der Waals surface area contributed by atoms with Gasteiger partial charge in [-0.1, -0.05) is 66.7 Å². The first-order valence-electron chi connectivity index (χ1n) is 12.4. The topological polar surface area (TPSA) is 67.5 Å². The van der Waals surface area contributed by atoms with E-state index in [-0.39, 0.29) is 24.9 Å². The second-order valence-corrected chi connectivity index (χ2v) is 9.42. The zero-order valence-corrected chi connectivity index (χ0v) is 20.8. The van der Waals surface area contributed by atoms with Crippen LogP contribution in [0.25, 0.3) is 22.2 Å². The maximum atomic E-state index is 13.7. The summed E-state index contributed by atoms with van der Waals surface area (Å²) in [7, 11) is 2.05. The van der Waals surface area contributed by atoms with Crippen molar-refractivity contribution >= 4 is 22.7 Å². The lowest BCUT2D eigenvalue weighted by atomic mass is 9.93. The Kier molecular flexibility index (Phi) is 5.64. The summed E-state index contributed by atoms with van der Waals surface area (Å²) < 4.78 is 7.77. The Morgan fingerprint density at radius 1 is 0.919 bits per heavy atom. The van der Waals surface area contributed by atoms with Gasteiger partial charge in [0.2, 0.25) is 5.91 Å². The highest BCUT2D eigenvalue weighted by molar-refractivity contribution is 6.03. The largest absolute Gasteiger partial charge is 0.465 e. The highest BCUT2D eigenvalue weighted by atomic mass is 16.3. The lowest BCUT2D eigenvalue weighted by Crippen LogP contribution is -2.39. The second-order valence-electron chi connectivity index (χ2n) is 9.42.